The van der Waals surface area contributed by atoms with Gasteiger partial charge >= 0.3 is 5.97 Å². The number of aromatic nitrogens is 5. The molecule has 0 bridgehead atoms. The maximum atomic E-state index is 13.4. The molecular formula is C26H29ClN8O4. The van der Waals surface area contributed by atoms with Crippen LogP contribution in [0.15, 0.2) is 30.3 Å². The predicted octanol–water partition coefficient (Wildman–Crippen LogP) is 2.53. The Hall–Kier alpha value is -3.90. The smallest absolute Gasteiger partial charge is 0.335 e. The van der Waals surface area contributed by atoms with Crippen molar-refractivity contribution in [1.29, 1.82) is 0 Å². The number of rotatable bonds is 7. The molecule has 39 heavy (non-hydrogen) atoms. The lowest BCUT2D eigenvalue weighted by Crippen LogP contribution is -2.51. The van der Waals surface area contributed by atoms with E-state index in [2.05, 4.69) is 36.8 Å². The normalized spacial score (nSPS) is 18.5. The number of hydrogen-bond donors (Lipinski definition) is 2. The Morgan fingerprint density at radius 2 is 1.92 bits per heavy atom. The Morgan fingerprint density at radius 1 is 1.15 bits per heavy atom. The van der Waals surface area contributed by atoms with Gasteiger partial charge in [0.15, 0.2) is 0 Å². The molecule has 13 heteroatoms. The molecule has 2 aromatic heterocycles. The van der Waals surface area contributed by atoms with E-state index in [0.29, 0.717) is 12.8 Å². The van der Waals surface area contributed by atoms with Crippen LogP contribution in [0.25, 0.3) is 11.5 Å². The number of carbonyl (C=O) groups excluding carboxylic acids is 2. The number of aryl methyl sites for hydroxylation is 2. The van der Waals surface area contributed by atoms with Gasteiger partial charge in [-0.15, -0.1) is 5.10 Å². The van der Waals surface area contributed by atoms with E-state index in [1.165, 1.54) is 22.4 Å². The number of carboxylic acid groups (broad SMARTS) is 1. The fourth-order valence-electron chi connectivity index (χ4n) is 5.33. The fraction of sp³-hybridized carbons (Fsp3) is 0.423. The van der Waals surface area contributed by atoms with E-state index in [1.54, 1.807) is 11.9 Å². The first-order chi connectivity index (χ1) is 18.7. The number of halogens is 1. The van der Waals surface area contributed by atoms with Gasteiger partial charge in [-0.1, -0.05) is 23.7 Å². The lowest BCUT2D eigenvalue weighted by atomic mass is 10.0. The van der Waals surface area contributed by atoms with Gasteiger partial charge in [-0.2, -0.15) is 0 Å². The van der Waals surface area contributed by atoms with E-state index >= 15 is 0 Å². The van der Waals surface area contributed by atoms with Crippen molar-refractivity contribution in [3.63, 3.8) is 0 Å². The minimum Gasteiger partial charge on any atom is -0.478 e. The molecule has 2 saturated heterocycles. The second-order valence-electron chi connectivity index (χ2n) is 9.99. The molecule has 3 aromatic rings. The van der Waals surface area contributed by atoms with Gasteiger partial charge in [-0.25, -0.2) is 14.5 Å². The minimum absolute atomic E-state index is 0.0416. The lowest BCUT2D eigenvalue weighted by molar-refractivity contribution is -0.136. The van der Waals surface area contributed by atoms with Gasteiger partial charge < -0.3 is 15.3 Å². The molecule has 0 aliphatic carbocycles. The molecule has 2 N–H and O–H groups in total. The first kappa shape index (κ1) is 26.7. The van der Waals surface area contributed by atoms with Gasteiger partial charge in [0.2, 0.25) is 17.6 Å². The molecular weight excluding hydrogens is 524 g/mol. The molecule has 5 rings (SSSR count). The highest BCUT2D eigenvalue weighted by Gasteiger charge is 2.41. The first-order valence-electron chi connectivity index (χ1n) is 12.8. The molecule has 2 amide bonds. The number of aromatic carboxylic acids is 1. The van der Waals surface area contributed by atoms with Gasteiger partial charge in [-0.05, 0) is 65.9 Å². The van der Waals surface area contributed by atoms with Crippen molar-refractivity contribution >= 4 is 35.2 Å². The highest BCUT2D eigenvalue weighted by molar-refractivity contribution is 6.31. The third-order valence-corrected chi connectivity index (χ3v) is 7.73. The summed E-state index contributed by atoms with van der Waals surface area (Å²) in [6.45, 7) is 4.41. The summed E-state index contributed by atoms with van der Waals surface area (Å²) in [5.74, 6) is -1.29. The SMILES string of the molecule is Cc1cc(CN2CCC(N3C(=O)CC[C@@H]3C(=O)Nc3cc(C(=O)O)cc(-c4nnnn4C)n3)CC2)ccc1Cl. The zero-order valence-electron chi connectivity index (χ0n) is 21.7. The summed E-state index contributed by atoms with van der Waals surface area (Å²) in [6.07, 6.45) is 2.21. The molecule has 1 atom stereocenters. The van der Waals surface area contributed by atoms with E-state index in [0.717, 1.165) is 43.1 Å². The standard InChI is InChI=1S/C26H29ClN8O4/c1-15-11-16(3-4-19(15)27)14-34-9-7-18(8-10-34)35-21(5-6-23(35)36)25(37)29-22-13-17(26(38)39)12-20(28-22)24-30-31-32-33(24)2/h3-4,11-13,18,21H,5-10,14H2,1-2H3,(H,38,39)(H,28,29,37)/t21-/m1/s1. The zero-order valence-corrected chi connectivity index (χ0v) is 22.4. The zero-order chi connectivity index (χ0) is 27.7. The molecule has 0 saturated carbocycles. The van der Waals surface area contributed by atoms with Gasteiger partial charge in [0.25, 0.3) is 0 Å². The van der Waals surface area contributed by atoms with Crippen LogP contribution in [0.2, 0.25) is 5.02 Å². The van der Waals surface area contributed by atoms with Gasteiger partial charge in [0, 0.05) is 44.2 Å². The topological polar surface area (TPSA) is 146 Å². The molecule has 2 fully saturated rings. The average Bonchev–Trinajstić information content (AvgIpc) is 3.52. The number of amides is 2. The number of nitrogens with one attached hydrogen (secondary N) is 1. The van der Waals surface area contributed by atoms with Crippen LogP contribution in [-0.4, -0.2) is 83.1 Å². The maximum absolute atomic E-state index is 13.4. The summed E-state index contributed by atoms with van der Waals surface area (Å²) in [6, 6.07) is 7.98. The van der Waals surface area contributed by atoms with E-state index in [1.807, 2.05) is 19.1 Å². The van der Waals surface area contributed by atoms with Gasteiger partial charge in [0.05, 0.1) is 5.56 Å². The van der Waals surface area contributed by atoms with Crippen LogP contribution in [-0.2, 0) is 23.2 Å². The third kappa shape index (κ3) is 5.76. The van der Waals surface area contributed by atoms with Crippen molar-refractivity contribution < 1.29 is 19.5 Å². The Labute approximate surface area is 229 Å². The number of benzene rings is 1. The van der Waals surface area contributed by atoms with E-state index < -0.39 is 17.9 Å². The number of tetrazole rings is 1. The molecule has 204 valence electrons. The monoisotopic (exact) mass is 552 g/mol. The molecule has 0 unspecified atom stereocenters. The largest absolute Gasteiger partial charge is 0.478 e. The molecule has 1 aromatic carbocycles. The van der Waals surface area contributed by atoms with Crippen LogP contribution in [0.4, 0.5) is 5.82 Å². The van der Waals surface area contributed by atoms with Crippen LogP contribution >= 0.6 is 11.6 Å². The van der Waals surface area contributed by atoms with E-state index in [9.17, 15) is 19.5 Å². The molecule has 2 aliphatic heterocycles. The number of anilines is 1. The summed E-state index contributed by atoms with van der Waals surface area (Å²) in [5, 5.41) is 24.3. The van der Waals surface area contributed by atoms with Crippen LogP contribution in [0.1, 0.15) is 47.2 Å². The first-order valence-corrected chi connectivity index (χ1v) is 13.1. The van der Waals surface area contributed by atoms with Crippen molar-refractivity contribution in [3.8, 4) is 11.5 Å². The van der Waals surface area contributed by atoms with Crippen molar-refractivity contribution in [2.45, 2.75) is 51.2 Å². The molecule has 0 radical (unpaired) electrons. The van der Waals surface area contributed by atoms with E-state index in [4.69, 9.17) is 11.6 Å². The minimum atomic E-state index is -1.18. The average molecular weight is 553 g/mol. The van der Waals surface area contributed by atoms with Crippen molar-refractivity contribution in [1.82, 2.24) is 35.0 Å². The number of pyridine rings is 1. The Kier molecular flexibility index (Phi) is 7.58. The number of carboxylic acids is 1. The fourth-order valence-corrected chi connectivity index (χ4v) is 5.44. The number of hydrogen-bond acceptors (Lipinski definition) is 8. The van der Waals surface area contributed by atoms with Crippen molar-refractivity contribution in [3.05, 3.63) is 52.0 Å². The number of carbonyl (C=O) groups is 3. The van der Waals surface area contributed by atoms with Crippen LogP contribution in [0, 0.1) is 6.92 Å². The molecule has 2 aliphatic rings. The van der Waals surface area contributed by atoms with Crippen molar-refractivity contribution in [2.75, 3.05) is 18.4 Å². The Balaban J connectivity index is 1.27. The van der Waals surface area contributed by atoms with Crippen LogP contribution < -0.4 is 5.32 Å². The highest BCUT2D eigenvalue weighted by Crippen LogP contribution is 2.29. The quantitative estimate of drug-likeness (QED) is 0.451. The van der Waals surface area contributed by atoms with E-state index in [-0.39, 0.29) is 34.8 Å². The number of piperidine rings is 1. The summed E-state index contributed by atoms with van der Waals surface area (Å²) in [4.78, 5) is 46.4. The predicted molar refractivity (Wildman–Crippen MR) is 142 cm³/mol. The third-order valence-electron chi connectivity index (χ3n) is 7.31. The summed E-state index contributed by atoms with van der Waals surface area (Å²) in [7, 11) is 1.60. The number of nitrogens with zero attached hydrogens (tertiary/aromatic N) is 7. The van der Waals surface area contributed by atoms with Gasteiger partial charge in [-0.3, -0.25) is 14.5 Å². The second kappa shape index (κ2) is 11.1. The molecule has 4 heterocycles. The Morgan fingerprint density at radius 3 is 2.59 bits per heavy atom. The van der Waals surface area contributed by atoms with Crippen molar-refractivity contribution in [2.24, 2.45) is 7.05 Å². The van der Waals surface area contributed by atoms with Crippen LogP contribution in [0.3, 0.4) is 0 Å². The summed E-state index contributed by atoms with van der Waals surface area (Å²) < 4.78 is 1.36. The summed E-state index contributed by atoms with van der Waals surface area (Å²) in [5.41, 5.74) is 2.38. The lowest BCUT2D eigenvalue weighted by Gasteiger charge is -2.39. The van der Waals surface area contributed by atoms with Gasteiger partial charge in [0.1, 0.15) is 17.6 Å². The molecule has 0 spiro atoms. The second-order valence-corrected chi connectivity index (χ2v) is 10.4. The summed E-state index contributed by atoms with van der Waals surface area (Å²) >= 11 is 6.16. The maximum Gasteiger partial charge on any atom is 0.335 e. The number of likely N-dealkylation sites (tertiary alicyclic amines) is 2. The van der Waals surface area contributed by atoms with Crippen LogP contribution in [0.5, 0.6) is 0 Å². The highest BCUT2D eigenvalue weighted by atomic mass is 35.5. The Bertz CT molecular complexity index is 1420. The molecule has 12 nitrogen and oxygen atoms in total.